The normalized spacial score (nSPS) is 9.82. The number of rotatable bonds is 4. The fourth-order valence-corrected chi connectivity index (χ4v) is 1.23. The molecule has 1 aromatic rings. The summed E-state index contributed by atoms with van der Waals surface area (Å²) in [6.45, 7) is 1.49. The summed E-state index contributed by atoms with van der Waals surface area (Å²) in [4.78, 5) is 22.7. The monoisotopic (exact) mass is 242 g/mol. The summed E-state index contributed by atoms with van der Waals surface area (Å²) in [6, 6.07) is 2.07. The highest BCUT2D eigenvalue weighted by molar-refractivity contribution is 6.41. The minimum atomic E-state index is -1.25. The Morgan fingerprint density at radius 1 is 1.41 bits per heavy atom. The zero-order valence-corrected chi connectivity index (χ0v) is 9.32. The van der Waals surface area contributed by atoms with Crippen LogP contribution in [0.1, 0.15) is 17.3 Å². The fourth-order valence-electron chi connectivity index (χ4n) is 1.23. The molecule has 0 aliphatic heterocycles. The zero-order chi connectivity index (χ0) is 13.0. The van der Waals surface area contributed by atoms with Crippen molar-refractivity contribution in [3.05, 3.63) is 23.5 Å². The molecule has 0 heterocycles. The summed E-state index contributed by atoms with van der Waals surface area (Å²) in [6.07, 6.45) is 0. The van der Waals surface area contributed by atoms with Crippen molar-refractivity contribution in [1.82, 2.24) is 0 Å². The van der Waals surface area contributed by atoms with E-state index in [0.29, 0.717) is 0 Å². The molecule has 1 rings (SSSR count). The molecule has 0 saturated heterocycles. The molecule has 6 heteroatoms. The molecule has 0 saturated carbocycles. The molecule has 92 valence electrons. The number of ketones is 1. The molecular formula is C11H11FO5. The van der Waals surface area contributed by atoms with Gasteiger partial charge in [0.25, 0.3) is 5.78 Å². The molecule has 0 radical (unpaired) electrons. The van der Waals surface area contributed by atoms with Crippen molar-refractivity contribution in [3.63, 3.8) is 0 Å². The molecule has 0 fully saturated rings. The standard InChI is InChI=1S/C11H11FO5/c1-3-17-11(15)10(14)8-6(12)4-5-7(16-2)9(8)13/h4-5,13H,3H2,1-2H3. The summed E-state index contributed by atoms with van der Waals surface area (Å²) >= 11 is 0. The molecule has 5 nitrogen and oxygen atoms in total. The van der Waals surface area contributed by atoms with Crippen molar-refractivity contribution in [2.75, 3.05) is 13.7 Å². The quantitative estimate of drug-likeness (QED) is 0.489. The lowest BCUT2D eigenvalue weighted by atomic mass is 10.1. The Balaban J connectivity index is 3.21. The van der Waals surface area contributed by atoms with Crippen LogP contribution in [-0.2, 0) is 9.53 Å². The molecule has 0 aliphatic rings. The third kappa shape index (κ3) is 2.52. The van der Waals surface area contributed by atoms with Crippen LogP contribution in [0, 0.1) is 5.82 Å². The number of phenols is 1. The number of carbonyl (C=O) groups is 2. The number of benzene rings is 1. The van der Waals surface area contributed by atoms with E-state index in [1.165, 1.54) is 14.0 Å². The van der Waals surface area contributed by atoms with Crippen LogP contribution in [0.2, 0.25) is 0 Å². The largest absolute Gasteiger partial charge is 0.504 e. The summed E-state index contributed by atoms with van der Waals surface area (Å²) in [5.41, 5.74) is -0.747. The van der Waals surface area contributed by atoms with E-state index in [4.69, 9.17) is 4.74 Å². The third-order valence-electron chi connectivity index (χ3n) is 2.00. The lowest BCUT2D eigenvalue weighted by Crippen LogP contribution is -2.19. The van der Waals surface area contributed by atoms with E-state index < -0.39 is 28.9 Å². The lowest BCUT2D eigenvalue weighted by Gasteiger charge is -2.08. The average Bonchev–Trinajstić information content (AvgIpc) is 2.29. The average molecular weight is 242 g/mol. The first-order valence-electron chi connectivity index (χ1n) is 4.79. The Morgan fingerprint density at radius 3 is 2.59 bits per heavy atom. The van der Waals surface area contributed by atoms with Gasteiger partial charge in [-0.1, -0.05) is 0 Å². The molecule has 0 bridgehead atoms. The van der Waals surface area contributed by atoms with Crippen LogP contribution < -0.4 is 4.74 Å². The van der Waals surface area contributed by atoms with Crippen molar-refractivity contribution in [2.24, 2.45) is 0 Å². The SMILES string of the molecule is CCOC(=O)C(=O)c1c(F)ccc(OC)c1O. The molecule has 1 N–H and O–H groups in total. The maximum atomic E-state index is 13.4. The number of hydrogen-bond acceptors (Lipinski definition) is 5. The molecule has 0 atom stereocenters. The van der Waals surface area contributed by atoms with E-state index >= 15 is 0 Å². The molecule has 0 aliphatic carbocycles. The number of hydrogen-bond donors (Lipinski definition) is 1. The Kier molecular flexibility index (Phi) is 4.03. The smallest absolute Gasteiger partial charge is 0.379 e. The van der Waals surface area contributed by atoms with E-state index in [-0.39, 0.29) is 12.4 Å². The minimum Gasteiger partial charge on any atom is -0.504 e. The van der Waals surface area contributed by atoms with E-state index in [2.05, 4.69) is 4.74 Å². The topological polar surface area (TPSA) is 72.8 Å². The predicted octanol–water partition coefficient (Wildman–Crippen LogP) is 1.29. The molecule has 17 heavy (non-hydrogen) atoms. The van der Waals surface area contributed by atoms with Crippen LogP contribution in [0.15, 0.2) is 12.1 Å². The maximum Gasteiger partial charge on any atom is 0.379 e. The fraction of sp³-hybridized carbons (Fsp3) is 0.273. The van der Waals surface area contributed by atoms with E-state index in [1.807, 2.05) is 0 Å². The Labute approximate surface area is 96.8 Å². The van der Waals surface area contributed by atoms with E-state index in [0.717, 1.165) is 12.1 Å². The van der Waals surface area contributed by atoms with Gasteiger partial charge in [0.1, 0.15) is 11.4 Å². The number of methoxy groups -OCH3 is 1. The second kappa shape index (κ2) is 5.29. The summed E-state index contributed by atoms with van der Waals surface area (Å²) in [7, 11) is 1.24. The van der Waals surface area contributed by atoms with Gasteiger partial charge in [0.2, 0.25) is 0 Å². The Bertz CT molecular complexity index is 455. The maximum absolute atomic E-state index is 13.4. The number of halogens is 1. The van der Waals surface area contributed by atoms with Crippen molar-refractivity contribution in [3.8, 4) is 11.5 Å². The second-order valence-corrected chi connectivity index (χ2v) is 3.02. The highest BCUT2D eigenvalue weighted by Crippen LogP contribution is 2.32. The Morgan fingerprint density at radius 2 is 2.06 bits per heavy atom. The van der Waals surface area contributed by atoms with Gasteiger partial charge in [-0.2, -0.15) is 0 Å². The van der Waals surface area contributed by atoms with Crippen LogP contribution in [0.5, 0.6) is 11.5 Å². The molecule has 0 unspecified atom stereocenters. The number of esters is 1. The van der Waals surface area contributed by atoms with E-state index in [1.54, 1.807) is 0 Å². The van der Waals surface area contributed by atoms with Crippen LogP contribution in [0.4, 0.5) is 4.39 Å². The van der Waals surface area contributed by atoms with Crippen LogP contribution in [-0.4, -0.2) is 30.6 Å². The first kappa shape index (κ1) is 13.0. The highest BCUT2D eigenvalue weighted by atomic mass is 19.1. The van der Waals surface area contributed by atoms with Gasteiger partial charge in [-0.05, 0) is 19.1 Å². The molecule has 1 aromatic carbocycles. The lowest BCUT2D eigenvalue weighted by molar-refractivity contribution is -0.137. The molecule has 0 spiro atoms. The van der Waals surface area contributed by atoms with E-state index in [9.17, 15) is 19.1 Å². The van der Waals surface area contributed by atoms with Crippen LogP contribution >= 0.6 is 0 Å². The van der Waals surface area contributed by atoms with Gasteiger partial charge in [0.05, 0.1) is 13.7 Å². The van der Waals surface area contributed by atoms with Gasteiger partial charge in [0, 0.05) is 0 Å². The van der Waals surface area contributed by atoms with Gasteiger partial charge >= 0.3 is 5.97 Å². The van der Waals surface area contributed by atoms with Crippen molar-refractivity contribution < 1.29 is 28.6 Å². The zero-order valence-electron chi connectivity index (χ0n) is 9.32. The number of aromatic hydroxyl groups is 1. The van der Waals surface area contributed by atoms with Crippen LogP contribution in [0.25, 0.3) is 0 Å². The summed E-state index contributed by atoms with van der Waals surface area (Å²) in [5, 5.41) is 9.56. The number of ether oxygens (including phenoxy) is 2. The van der Waals surface area contributed by atoms with Gasteiger partial charge in [-0.15, -0.1) is 0 Å². The predicted molar refractivity (Wildman–Crippen MR) is 55.6 cm³/mol. The highest BCUT2D eigenvalue weighted by Gasteiger charge is 2.26. The van der Waals surface area contributed by atoms with Gasteiger partial charge < -0.3 is 14.6 Å². The first-order chi connectivity index (χ1) is 8.02. The summed E-state index contributed by atoms with van der Waals surface area (Å²) < 4.78 is 22.5. The first-order valence-corrected chi connectivity index (χ1v) is 4.79. The summed E-state index contributed by atoms with van der Waals surface area (Å²) in [5.74, 6) is -4.30. The van der Waals surface area contributed by atoms with Crippen LogP contribution in [0.3, 0.4) is 0 Å². The molecule has 0 aromatic heterocycles. The molecular weight excluding hydrogens is 231 g/mol. The van der Waals surface area contributed by atoms with Crippen molar-refractivity contribution >= 4 is 11.8 Å². The van der Waals surface area contributed by atoms with Crippen molar-refractivity contribution in [2.45, 2.75) is 6.92 Å². The van der Waals surface area contributed by atoms with Gasteiger partial charge in [0.15, 0.2) is 11.5 Å². The number of Topliss-reactive ketones (excluding diaryl/α,β-unsaturated/α-hetero) is 1. The van der Waals surface area contributed by atoms with Crippen molar-refractivity contribution in [1.29, 1.82) is 0 Å². The van der Waals surface area contributed by atoms with Gasteiger partial charge in [-0.25, -0.2) is 9.18 Å². The minimum absolute atomic E-state index is 0.0169. The third-order valence-corrected chi connectivity index (χ3v) is 2.00. The number of carbonyl (C=O) groups excluding carboxylic acids is 2. The Hall–Kier alpha value is -2.11. The number of phenolic OH excluding ortho intramolecular Hbond substituents is 1. The van der Waals surface area contributed by atoms with Gasteiger partial charge in [-0.3, -0.25) is 4.79 Å². The second-order valence-electron chi connectivity index (χ2n) is 3.02. The molecule has 0 amide bonds.